The smallest absolute Gasteiger partial charge is 0.317 e. The first-order valence-corrected chi connectivity index (χ1v) is 6.22. The second kappa shape index (κ2) is 7.28. The van der Waals surface area contributed by atoms with Gasteiger partial charge in [0, 0.05) is 16.7 Å². The standard InChI is InChI=1S/C11H12Cl2N2O4/c12-7-4-9(13)8(10(5-7)15(18)19)2-1-3-14-6-11(16)17/h4-5,14H,1-3,6H2,(H,16,17). The van der Waals surface area contributed by atoms with E-state index < -0.39 is 10.9 Å². The van der Waals surface area contributed by atoms with Gasteiger partial charge < -0.3 is 10.4 Å². The van der Waals surface area contributed by atoms with Crippen LogP contribution >= 0.6 is 23.2 Å². The number of nitrogens with zero attached hydrogens (tertiary/aromatic N) is 1. The van der Waals surface area contributed by atoms with Crippen LogP contribution in [0.5, 0.6) is 0 Å². The van der Waals surface area contributed by atoms with E-state index in [-0.39, 0.29) is 22.3 Å². The van der Waals surface area contributed by atoms with Gasteiger partial charge in [0.25, 0.3) is 5.69 Å². The van der Waals surface area contributed by atoms with Gasteiger partial charge in [-0.05, 0) is 25.5 Å². The number of aliphatic carboxylic acids is 1. The van der Waals surface area contributed by atoms with Crippen LogP contribution < -0.4 is 5.32 Å². The Morgan fingerprint density at radius 1 is 1.42 bits per heavy atom. The molecule has 0 amide bonds. The molecule has 0 aliphatic rings. The molecule has 0 fully saturated rings. The number of carbonyl (C=O) groups is 1. The number of carboxylic acids is 1. The maximum Gasteiger partial charge on any atom is 0.317 e. The molecule has 2 N–H and O–H groups in total. The summed E-state index contributed by atoms with van der Waals surface area (Å²) in [7, 11) is 0. The molecule has 0 aliphatic carbocycles. The number of nitro groups is 1. The molecule has 1 aromatic carbocycles. The molecule has 8 heteroatoms. The van der Waals surface area contributed by atoms with Crippen molar-refractivity contribution in [3.05, 3.63) is 37.9 Å². The van der Waals surface area contributed by atoms with E-state index in [0.717, 1.165) is 0 Å². The van der Waals surface area contributed by atoms with Crippen LogP contribution in [0, 0.1) is 10.1 Å². The maximum atomic E-state index is 10.9. The summed E-state index contributed by atoms with van der Waals surface area (Å²) in [4.78, 5) is 20.6. The molecule has 0 atom stereocenters. The monoisotopic (exact) mass is 306 g/mol. The van der Waals surface area contributed by atoms with Gasteiger partial charge in [0.15, 0.2) is 0 Å². The molecule has 0 radical (unpaired) electrons. The van der Waals surface area contributed by atoms with Crippen molar-refractivity contribution in [2.75, 3.05) is 13.1 Å². The van der Waals surface area contributed by atoms with Gasteiger partial charge in [-0.15, -0.1) is 0 Å². The van der Waals surface area contributed by atoms with Crippen LogP contribution in [-0.4, -0.2) is 29.1 Å². The van der Waals surface area contributed by atoms with Crippen molar-refractivity contribution in [2.45, 2.75) is 12.8 Å². The first-order valence-electron chi connectivity index (χ1n) is 5.46. The molecule has 1 aromatic rings. The molecule has 0 heterocycles. The van der Waals surface area contributed by atoms with Gasteiger partial charge in [-0.2, -0.15) is 0 Å². The minimum absolute atomic E-state index is 0.115. The summed E-state index contributed by atoms with van der Waals surface area (Å²) in [5.41, 5.74) is 0.295. The fraction of sp³-hybridized carbons (Fsp3) is 0.364. The Kier molecular flexibility index (Phi) is 6.01. The van der Waals surface area contributed by atoms with Crippen LogP contribution in [-0.2, 0) is 11.2 Å². The predicted octanol–water partition coefficient (Wildman–Crippen LogP) is 2.51. The predicted molar refractivity (Wildman–Crippen MR) is 71.9 cm³/mol. The Hall–Kier alpha value is -1.37. The van der Waals surface area contributed by atoms with Crippen LogP contribution in [0.15, 0.2) is 12.1 Å². The van der Waals surface area contributed by atoms with E-state index in [4.69, 9.17) is 28.3 Å². The van der Waals surface area contributed by atoms with Crippen molar-refractivity contribution in [2.24, 2.45) is 0 Å². The summed E-state index contributed by atoms with van der Waals surface area (Å²) in [6.45, 7) is 0.291. The van der Waals surface area contributed by atoms with Crippen molar-refractivity contribution in [3.63, 3.8) is 0 Å². The summed E-state index contributed by atoms with van der Waals surface area (Å²) in [5.74, 6) is -0.949. The Balaban J connectivity index is 2.67. The highest BCUT2D eigenvalue weighted by molar-refractivity contribution is 6.35. The summed E-state index contributed by atoms with van der Waals surface area (Å²) in [6.07, 6.45) is 0.911. The molecule has 0 spiro atoms. The number of benzene rings is 1. The summed E-state index contributed by atoms with van der Waals surface area (Å²) < 4.78 is 0. The number of nitrogens with one attached hydrogen (secondary N) is 1. The number of hydrogen-bond acceptors (Lipinski definition) is 4. The lowest BCUT2D eigenvalue weighted by Crippen LogP contribution is -2.23. The van der Waals surface area contributed by atoms with E-state index in [1.807, 2.05) is 0 Å². The fourth-order valence-electron chi connectivity index (χ4n) is 1.59. The normalized spacial score (nSPS) is 10.4. The van der Waals surface area contributed by atoms with E-state index >= 15 is 0 Å². The summed E-state index contributed by atoms with van der Waals surface area (Å²) >= 11 is 11.7. The van der Waals surface area contributed by atoms with Gasteiger partial charge in [0.05, 0.1) is 16.5 Å². The number of rotatable bonds is 7. The number of carboxylic acid groups (broad SMARTS) is 1. The highest BCUT2D eigenvalue weighted by Crippen LogP contribution is 2.31. The maximum absolute atomic E-state index is 10.9. The van der Waals surface area contributed by atoms with E-state index in [1.54, 1.807) is 0 Å². The minimum Gasteiger partial charge on any atom is -0.480 e. The third-order valence-electron chi connectivity index (χ3n) is 2.39. The minimum atomic E-state index is -0.949. The zero-order valence-electron chi connectivity index (χ0n) is 9.86. The average Bonchev–Trinajstić information content (AvgIpc) is 2.29. The molecule has 0 saturated heterocycles. The molecule has 0 bridgehead atoms. The second-order valence-electron chi connectivity index (χ2n) is 3.82. The van der Waals surface area contributed by atoms with Crippen LogP contribution in [0.1, 0.15) is 12.0 Å². The first-order chi connectivity index (χ1) is 8.91. The third kappa shape index (κ3) is 5.02. The molecule has 104 valence electrons. The molecular formula is C11H12Cl2N2O4. The first kappa shape index (κ1) is 15.7. The molecule has 19 heavy (non-hydrogen) atoms. The summed E-state index contributed by atoms with van der Waals surface area (Å²) in [5, 5.41) is 22.5. The molecule has 0 unspecified atom stereocenters. The Morgan fingerprint density at radius 2 is 2.11 bits per heavy atom. The van der Waals surface area contributed by atoms with E-state index in [1.165, 1.54) is 12.1 Å². The Labute approximate surface area is 119 Å². The number of hydrogen-bond donors (Lipinski definition) is 2. The lowest BCUT2D eigenvalue weighted by Gasteiger charge is -2.06. The zero-order chi connectivity index (χ0) is 14.4. The van der Waals surface area contributed by atoms with Crippen molar-refractivity contribution < 1.29 is 14.8 Å². The van der Waals surface area contributed by atoms with Crippen LogP contribution in [0.25, 0.3) is 0 Å². The van der Waals surface area contributed by atoms with Gasteiger partial charge >= 0.3 is 5.97 Å². The van der Waals surface area contributed by atoms with Gasteiger partial charge in [-0.3, -0.25) is 14.9 Å². The van der Waals surface area contributed by atoms with Crippen molar-refractivity contribution in [3.8, 4) is 0 Å². The SMILES string of the molecule is O=C(O)CNCCCc1c(Cl)cc(Cl)cc1[N+](=O)[O-]. The van der Waals surface area contributed by atoms with Crippen LogP contribution in [0.2, 0.25) is 10.0 Å². The Morgan fingerprint density at radius 3 is 2.68 bits per heavy atom. The third-order valence-corrected chi connectivity index (χ3v) is 2.95. The van der Waals surface area contributed by atoms with Crippen molar-refractivity contribution in [1.82, 2.24) is 5.32 Å². The Bertz CT molecular complexity index is 494. The van der Waals surface area contributed by atoms with Gasteiger partial charge in [-0.25, -0.2) is 0 Å². The lowest BCUT2D eigenvalue weighted by atomic mass is 10.1. The number of halogens is 2. The summed E-state index contributed by atoms with van der Waals surface area (Å²) in [6, 6.07) is 2.71. The van der Waals surface area contributed by atoms with Crippen LogP contribution in [0.4, 0.5) is 5.69 Å². The van der Waals surface area contributed by atoms with Crippen LogP contribution in [0.3, 0.4) is 0 Å². The zero-order valence-corrected chi connectivity index (χ0v) is 11.4. The van der Waals surface area contributed by atoms with Gasteiger partial charge in [0.2, 0.25) is 0 Å². The van der Waals surface area contributed by atoms with E-state index in [2.05, 4.69) is 5.32 Å². The quantitative estimate of drug-likeness (QED) is 0.459. The van der Waals surface area contributed by atoms with Gasteiger partial charge in [0.1, 0.15) is 0 Å². The highest BCUT2D eigenvalue weighted by atomic mass is 35.5. The van der Waals surface area contributed by atoms with E-state index in [0.29, 0.717) is 24.9 Å². The highest BCUT2D eigenvalue weighted by Gasteiger charge is 2.18. The van der Waals surface area contributed by atoms with Gasteiger partial charge in [-0.1, -0.05) is 23.2 Å². The lowest BCUT2D eigenvalue weighted by molar-refractivity contribution is -0.385. The average molecular weight is 307 g/mol. The number of nitro benzene ring substituents is 1. The van der Waals surface area contributed by atoms with Crippen molar-refractivity contribution >= 4 is 34.9 Å². The second-order valence-corrected chi connectivity index (χ2v) is 4.66. The molecular weight excluding hydrogens is 295 g/mol. The van der Waals surface area contributed by atoms with E-state index in [9.17, 15) is 14.9 Å². The van der Waals surface area contributed by atoms with Crippen molar-refractivity contribution in [1.29, 1.82) is 0 Å². The molecule has 0 saturated carbocycles. The molecule has 0 aliphatic heterocycles. The molecule has 1 rings (SSSR count). The molecule has 0 aromatic heterocycles. The molecule has 6 nitrogen and oxygen atoms in total. The topological polar surface area (TPSA) is 92.5 Å². The fourth-order valence-corrected chi connectivity index (χ4v) is 2.16. The largest absolute Gasteiger partial charge is 0.480 e.